The molecule has 2 amide bonds. The number of amides is 2. The van der Waals surface area contributed by atoms with E-state index in [0.29, 0.717) is 36.9 Å². The first-order chi connectivity index (χ1) is 23.3. The summed E-state index contributed by atoms with van der Waals surface area (Å²) in [6.45, 7) is 10.1. The first kappa shape index (κ1) is 32.9. The number of hydrogen-bond acceptors (Lipinski definition) is 6. The second-order valence-corrected chi connectivity index (χ2v) is 13.3. The van der Waals surface area contributed by atoms with Gasteiger partial charge >= 0.3 is 6.03 Å². The van der Waals surface area contributed by atoms with Crippen LogP contribution in [0.2, 0.25) is 0 Å². The maximum Gasteiger partial charge on any atom is 0.326 e. The number of aromatic amines is 1. The number of H-pyrrole nitrogens is 1. The average Bonchev–Trinajstić information content (AvgIpc) is 3.61. The second kappa shape index (κ2) is 14.8. The summed E-state index contributed by atoms with van der Waals surface area (Å²) in [5.74, 6) is 1.36. The van der Waals surface area contributed by atoms with Crippen molar-refractivity contribution >= 4 is 28.4 Å². The van der Waals surface area contributed by atoms with E-state index in [0.717, 1.165) is 64.8 Å². The number of pyridine rings is 2. The maximum absolute atomic E-state index is 14.4. The first-order valence-corrected chi connectivity index (χ1v) is 17.1. The van der Waals surface area contributed by atoms with Crippen molar-refractivity contribution < 1.29 is 9.53 Å². The Morgan fingerprint density at radius 1 is 1.00 bits per heavy atom. The van der Waals surface area contributed by atoms with Crippen molar-refractivity contribution in [2.24, 2.45) is 5.92 Å². The summed E-state index contributed by atoms with van der Waals surface area (Å²) in [6.07, 6.45) is 10.4. The molecule has 10 nitrogen and oxygen atoms in total. The van der Waals surface area contributed by atoms with Gasteiger partial charge in [0.25, 0.3) is 5.56 Å². The number of carbonyl (C=O) groups is 1. The molecule has 1 saturated carbocycles. The number of fused-ring (bicyclic) bond motifs is 1. The smallest absolute Gasteiger partial charge is 0.326 e. The van der Waals surface area contributed by atoms with Crippen LogP contribution in [0, 0.1) is 5.92 Å². The molecule has 2 N–H and O–H groups in total. The summed E-state index contributed by atoms with van der Waals surface area (Å²) in [6, 6.07) is 17.7. The molecule has 250 valence electrons. The van der Waals surface area contributed by atoms with E-state index in [-0.39, 0.29) is 23.4 Å². The summed E-state index contributed by atoms with van der Waals surface area (Å²) in [5.41, 5.74) is 5.50. The van der Waals surface area contributed by atoms with Gasteiger partial charge in [-0.1, -0.05) is 59.1 Å². The van der Waals surface area contributed by atoms with Crippen molar-refractivity contribution in [3.63, 3.8) is 0 Å². The van der Waals surface area contributed by atoms with Gasteiger partial charge in [0.2, 0.25) is 0 Å². The standard InChI is InChI=1S/C38H45N7O3/c1-25(2)32-19-30(28-12-8-14-31(18-28)48-17-16-44-24-39-23-41-44)20-33(26(3)4)35(32)42-38(47)45(22-27-10-6-5-7-11-27)34-21-29-13-9-15-40-36(29)43-37(34)46/h8-9,12-15,18-21,23-27H,5-7,10-11,16-17,22H2,1-4H3,(H,42,47)(H,40,43,46). The molecule has 0 spiro atoms. The highest BCUT2D eigenvalue weighted by Gasteiger charge is 2.27. The molecule has 0 aliphatic heterocycles. The highest BCUT2D eigenvalue weighted by atomic mass is 16.5. The van der Waals surface area contributed by atoms with Crippen LogP contribution in [0.5, 0.6) is 5.75 Å². The molecule has 0 atom stereocenters. The molecule has 3 aromatic heterocycles. The Labute approximate surface area is 281 Å². The van der Waals surface area contributed by atoms with Crippen molar-refractivity contribution in [1.82, 2.24) is 24.7 Å². The lowest BCUT2D eigenvalue weighted by Gasteiger charge is -2.31. The molecule has 1 fully saturated rings. The number of nitrogens with one attached hydrogen (secondary N) is 2. The fourth-order valence-corrected chi connectivity index (χ4v) is 6.60. The van der Waals surface area contributed by atoms with Crippen LogP contribution in [0.25, 0.3) is 22.2 Å². The first-order valence-electron chi connectivity index (χ1n) is 17.1. The van der Waals surface area contributed by atoms with Gasteiger partial charge in [0, 0.05) is 23.8 Å². The number of rotatable bonds is 11. The van der Waals surface area contributed by atoms with E-state index in [1.54, 1.807) is 28.2 Å². The quantitative estimate of drug-likeness (QED) is 0.149. The molecule has 48 heavy (non-hydrogen) atoms. The number of ether oxygens (including phenoxy) is 1. The Morgan fingerprint density at radius 3 is 2.48 bits per heavy atom. The SMILES string of the molecule is CC(C)c1cc(-c2cccc(OCCn3cncn3)c2)cc(C(C)C)c1NC(=O)N(CC1CCCCC1)c1cc2cccnc2[nH]c1=O. The monoisotopic (exact) mass is 647 g/mol. The Kier molecular flexibility index (Phi) is 10.2. The average molecular weight is 648 g/mol. The van der Waals surface area contributed by atoms with Crippen LogP contribution >= 0.6 is 0 Å². The summed E-state index contributed by atoms with van der Waals surface area (Å²) >= 11 is 0. The zero-order valence-corrected chi connectivity index (χ0v) is 28.3. The molecule has 5 aromatic rings. The molecule has 0 saturated heterocycles. The van der Waals surface area contributed by atoms with Crippen molar-refractivity contribution in [1.29, 1.82) is 0 Å². The summed E-state index contributed by atoms with van der Waals surface area (Å²) in [4.78, 5) is 40.7. The van der Waals surface area contributed by atoms with Crippen LogP contribution in [0.3, 0.4) is 0 Å². The van der Waals surface area contributed by atoms with Gasteiger partial charge in [-0.3, -0.25) is 9.69 Å². The van der Waals surface area contributed by atoms with E-state index in [1.165, 1.54) is 12.7 Å². The Bertz CT molecular complexity index is 1880. The van der Waals surface area contributed by atoms with Gasteiger partial charge in [-0.05, 0) is 95.3 Å². The predicted octanol–water partition coefficient (Wildman–Crippen LogP) is 8.13. The lowest BCUT2D eigenvalue weighted by Crippen LogP contribution is -2.42. The minimum atomic E-state index is -0.320. The van der Waals surface area contributed by atoms with Gasteiger partial charge in [0.1, 0.15) is 36.3 Å². The number of nitrogens with zero attached hydrogens (tertiary/aromatic N) is 5. The number of aromatic nitrogens is 5. The fraction of sp³-hybridized carbons (Fsp3) is 0.395. The zero-order valence-electron chi connectivity index (χ0n) is 28.3. The maximum atomic E-state index is 14.4. The molecular weight excluding hydrogens is 602 g/mol. The van der Waals surface area contributed by atoms with Gasteiger partial charge in [-0.25, -0.2) is 19.4 Å². The number of benzene rings is 2. The van der Waals surface area contributed by atoms with Crippen molar-refractivity contribution in [2.45, 2.75) is 78.2 Å². The topological polar surface area (TPSA) is 118 Å². The van der Waals surface area contributed by atoms with Crippen LogP contribution in [0.4, 0.5) is 16.2 Å². The van der Waals surface area contributed by atoms with Gasteiger partial charge in [-0.15, -0.1) is 0 Å². The van der Waals surface area contributed by atoms with Gasteiger partial charge < -0.3 is 15.0 Å². The number of hydrogen-bond donors (Lipinski definition) is 2. The van der Waals surface area contributed by atoms with E-state index in [2.05, 4.69) is 77.3 Å². The third-order valence-electron chi connectivity index (χ3n) is 9.20. The Balaban J connectivity index is 1.33. The van der Waals surface area contributed by atoms with Crippen molar-refractivity contribution in [3.8, 4) is 16.9 Å². The molecule has 2 aromatic carbocycles. The van der Waals surface area contributed by atoms with E-state index in [4.69, 9.17) is 4.74 Å². The zero-order chi connectivity index (χ0) is 33.6. The van der Waals surface area contributed by atoms with Crippen LogP contribution in [0.1, 0.15) is 82.8 Å². The lowest BCUT2D eigenvalue weighted by atomic mass is 9.88. The molecule has 0 bridgehead atoms. The third kappa shape index (κ3) is 7.59. The molecule has 0 radical (unpaired) electrons. The van der Waals surface area contributed by atoms with Crippen molar-refractivity contribution in [2.75, 3.05) is 23.4 Å². The molecule has 0 unspecified atom stereocenters. The molecule has 10 heteroatoms. The minimum absolute atomic E-state index is 0.127. The van der Waals surface area contributed by atoms with Crippen molar-refractivity contribution in [3.05, 3.63) is 94.9 Å². The highest BCUT2D eigenvalue weighted by Crippen LogP contribution is 2.38. The van der Waals surface area contributed by atoms with Crippen LogP contribution < -0.4 is 20.5 Å². The van der Waals surface area contributed by atoms with E-state index in [1.807, 2.05) is 24.3 Å². The Hall–Kier alpha value is -4.99. The highest BCUT2D eigenvalue weighted by molar-refractivity contribution is 6.03. The molecule has 3 heterocycles. The normalized spacial score (nSPS) is 13.7. The van der Waals surface area contributed by atoms with E-state index < -0.39 is 0 Å². The largest absolute Gasteiger partial charge is 0.492 e. The summed E-state index contributed by atoms with van der Waals surface area (Å²) < 4.78 is 7.80. The van der Waals surface area contributed by atoms with Crippen LogP contribution in [-0.2, 0) is 6.54 Å². The molecule has 6 rings (SSSR count). The van der Waals surface area contributed by atoms with Crippen LogP contribution in [-0.4, -0.2) is 43.9 Å². The third-order valence-corrected chi connectivity index (χ3v) is 9.20. The fourth-order valence-electron chi connectivity index (χ4n) is 6.60. The molecular formula is C38H45N7O3. The second-order valence-electron chi connectivity index (χ2n) is 13.3. The van der Waals surface area contributed by atoms with Crippen LogP contribution in [0.15, 0.2) is 78.2 Å². The van der Waals surface area contributed by atoms with E-state index in [9.17, 15) is 9.59 Å². The number of carbonyl (C=O) groups excluding carboxylic acids is 1. The number of urea groups is 1. The molecule has 1 aliphatic rings. The number of anilines is 2. The van der Waals surface area contributed by atoms with Gasteiger partial charge in [-0.2, -0.15) is 5.10 Å². The minimum Gasteiger partial charge on any atom is -0.492 e. The predicted molar refractivity (Wildman–Crippen MR) is 191 cm³/mol. The summed E-state index contributed by atoms with van der Waals surface area (Å²) in [7, 11) is 0. The van der Waals surface area contributed by atoms with E-state index >= 15 is 0 Å². The molecule has 1 aliphatic carbocycles. The van der Waals surface area contributed by atoms with Gasteiger partial charge in [0.05, 0.1) is 6.54 Å². The summed E-state index contributed by atoms with van der Waals surface area (Å²) in [5, 5.41) is 8.24. The van der Waals surface area contributed by atoms with Gasteiger partial charge in [0.15, 0.2) is 0 Å². The Morgan fingerprint density at radius 2 is 1.77 bits per heavy atom. The lowest BCUT2D eigenvalue weighted by molar-refractivity contribution is 0.254.